The molecule has 90 valence electrons. The van der Waals surface area contributed by atoms with Gasteiger partial charge in [0.1, 0.15) is 11.4 Å². The van der Waals surface area contributed by atoms with Gasteiger partial charge < -0.3 is 14.5 Å². The first kappa shape index (κ1) is 12.5. The zero-order valence-corrected chi connectivity index (χ0v) is 10.4. The molecule has 0 saturated carbocycles. The maximum Gasteiger partial charge on any atom is 0.408 e. The third-order valence-electron chi connectivity index (χ3n) is 1.86. The van der Waals surface area contributed by atoms with Gasteiger partial charge in [-0.3, -0.25) is 0 Å². The van der Waals surface area contributed by atoms with Crippen LogP contribution in [0.15, 0.2) is 4.42 Å². The topological polar surface area (TPSA) is 64.4 Å². The molecular weight excluding hydrogens is 208 g/mol. The van der Waals surface area contributed by atoms with Crippen molar-refractivity contribution in [2.24, 2.45) is 0 Å². The lowest BCUT2D eigenvalue weighted by Crippen LogP contribution is -2.32. The standard InChI is InChI=1S/C11H18N2O3/c1-7-8(2)15-9(13-7)6-12-10(14)16-11(3,4)5/h6H2,1-5H3,(H,12,14). The minimum absolute atomic E-state index is 0.240. The molecule has 0 radical (unpaired) electrons. The summed E-state index contributed by atoms with van der Waals surface area (Å²) in [7, 11) is 0. The summed E-state index contributed by atoms with van der Waals surface area (Å²) in [6.45, 7) is 9.36. The Bertz CT molecular complexity index is 358. The van der Waals surface area contributed by atoms with Crippen LogP contribution < -0.4 is 5.32 Å². The molecule has 5 heteroatoms. The van der Waals surface area contributed by atoms with E-state index >= 15 is 0 Å². The number of oxazole rings is 1. The molecule has 1 aromatic rings. The molecule has 16 heavy (non-hydrogen) atoms. The number of rotatable bonds is 2. The summed E-state index contributed by atoms with van der Waals surface area (Å²) in [5.41, 5.74) is 0.341. The van der Waals surface area contributed by atoms with Crippen molar-refractivity contribution in [1.29, 1.82) is 0 Å². The van der Waals surface area contributed by atoms with Crippen LogP contribution in [0.5, 0.6) is 0 Å². The summed E-state index contributed by atoms with van der Waals surface area (Å²) >= 11 is 0. The molecule has 0 unspecified atom stereocenters. The van der Waals surface area contributed by atoms with Crippen LogP contribution in [0.25, 0.3) is 0 Å². The number of aryl methyl sites for hydroxylation is 2. The summed E-state index contributed by atoms with van der Waals surface area (Å²) < 4.78 is 10.4. The molecule has 1 aromatic heterocycles. The second-order valence-corrected chi connectivity index (χ2v) is 4.60. The van der Waals surface area contributed by atoms with Crippen LogP contribution in [0.3, 0.4) is 0 Å². The number of carbonyl (C=O) groups excluding carboxylic acids is 1. The van der Waals surface area contributed by atoms with Crippen LogP contribution in [-0.4, -0.2) is 16.7 Å². The van der Waals surface area contributed by atoms with E-state index in [1.807, 2.05) is 34.6 Å². The number of amides is 1. The molecule has 1 rings (SSSR count). The monoisotopic (exact) mass is 226 g/mol. The second kappa shape index (κ2) is 4.55. The van der Waals surface area contributed by atoms with Gasteiger partial charge in [0.25, 0.3) is 0 Å². The van der Waals surface area contributed by atoms with E-state index in [9.17, 15) is 4.79 Å². The van der Waals surface area contributed by atoms with Gasteiger partial charge in [0.15, 0.2) is 0 Å². The number of ether oxygens (including phenoxy) is 1. The molecule has 0 fully saturated rings. The number of alkyl carbamates (subject to hydrolysis) is 1. The fourth-order valence-corrected chi connectivity index (χ4v) is 1.08. The highest BCUT2D eigenvalue weighted by atomic mass is 16.6. The van der Waals surface area contributed by atoms with Gasteiger partial charge in [-0.05, 0) is 34.6 Å². The largest absolute Gasteiger partial charge is 0.444 e. The van der Waals surface area contributed by atoms with E-state index < -0.39 is 11.7 Å². The maximum atomic E-state index is 11.3. The molecule has 5 nitrogen and oxygen atoms in total. The van der Waals surface area contributed by atoms with Crippen molar-refractivity contribution in [1.82, 2.24) is 10.3 Å². The normalized spacial score (nSPS) is 11.3. The van der Waals surface area contributed by atoms with Crippen molar-refractivity contribution >= 4 is 6.09 Å². The van der Waals surface area contributed by atoms with Gasteiger partial charge in [-0.2, -0.15) is 0 Å². The van der Waals surface area contributed by atoms with E-state index in [0.717, 1.165) is 11.5 Å². The van der Waals surface area contributed by atoms with Crippen LogP contribution in [0.2, 0.25) is 0 Å². The average molecular weight is 226 g/mol. The Morgan fingerprint density at radius 2 is 2.06 bits per heavy atom. The highest BCUT2D eigenvalue weighted by Gasteiger charge is 2.16. The predicted octanol–water partition coefficient (Wildman–Crippen LogP) is 2.32. The van der Waals surface area contributed by atoms with Gasteiger partial charge in [-0.25, -0.2) is 9.78 Å². The number of aromatic nitrogens is 1. The fourth-order valence-electron chi connectivity index (χ4n) is 1.08. The molecule has 0 aliphatic carbocycles. The van der Waals surface area contributed by atoms with Gasteiger partial charge >= 0.3 is 6.09 Å². The van der Waals surface area contributed by atoms with Gasteiger partial charge in [-0.15, -0.1) is 0 Å². The Labute approximate surface area is 95.2 Å². The van der Waals surface area contributed by atoms with Gasteiger partial charge in [0.05, 0.1) is 12.2 Å². The number of hydrogen-bond donors (Lipinski definition) is 1. The quantitative estimate of drug-likeness (QED) is 0.840. The van der Waals surface area contributed by atoms with Crippen molar-refractivity contribution in [2.75, 3.05) is 0 Å². The van der Waals surface area contributed by atoms with E-state index in [2.05, 4.69) is 10.3 Å². The van der Waals surface area contributed by atoms with Gasteiger partial charge in [0, 0.05) is 0 Å². The summed E-state index contributed by atoms with van der Waals surface area (Å²) in [6.07, 6.45) is -0.471. The molecule has 1 heterocycles. The molecular formula is C11H18N2O3. The molecule has 0 aromatic carbocycles. The Morgan fingerprint density at radius 1 is 1.44 bits per heavy atom. The zero-order chi connectivity index (χ0) is 12.3. The highest BCUT2D eigenvalue weighted by molar-refractivity contribution is 5.67. The van der Waals surface area contributed by atoms with E-state index in [4.69, 9.17) is 9.15 Å². The number of nitrogens with one attached hydrogen (secondary N) is 1. The Hall–Kier alpha value is -1.52. The van der Waals surface area contributed by atoms with Crippen molar-refractivity contribution < 1.29 is 13.9 Å². The van der Waals surface area contributed by atoms with Crippen molar-refractivity contribution in [3.8, 4) is 0 Å². The zero-order valence-electron chi connectivity index (χ0n) is 10.4. The first-order chi connectivity index (χ1) is 7.28. The smallest absolute Gasteiger partial charge is 0.408 e. The molecule has 0 atom stereocenters. The SMILES string of the molecule is Cc1nc(CNC(=O)OC(C)(C)C)oc1C. The minimum atomic E-state index is -0.494. The minimum Gasteiger partial charge on any atom is -0.444 e. The lowest BCUT2D eigenvalue weighted by atomic mass is 10.2. The average Bonchev–Trinajstić information content (AvgIpc) is 2.40. The van der Waals surface area contributed by atoms with E-state index in [1.165, 1.54) is 0 Å². The summed E-state index contributed by atoms with van der Waals surface area (Å²) in [6, 6.07) is 0. The van der Waals surface area contributed by atoms with E-state index in [-0.39, 0.29) is 6.54 Å². The summed E-state index contributed by atoms with van der Waals surface area (Å²) in [4.78, 5) is 15.5. The summed E-state index contributed by atoms with van der Waals surface area (Å²) in [5.74, 6) is 1.25. The van der Waals surface area contributed by atoms with Crippen molar-refractivity contribution in [3.05, 3.63) is 17.3 Å². The Kier molecular flexibility index (Phi) is 3.57. The van der Waals surface area contributed by atoms with E-state index in [1.54, 1.807) is 0 Å². The van der Waals surface area contributed by atoms with Crippen molar-refractivity contribution in [2.45, 2.75) is 46.8 Å². The molecule has 0 spiro atoms. The maximum absolute atomic E-state index is 11.3. The second-order valence-electron chi connectivity index (χ2n) is 4.60. The van der Waals surface area contributed by atoms with Gasteiger partial charge in [-0.1, -0.05) is 0 Å². The number of hydrogen-bond acceptors (Lipinski definition) is 4. The molecule has 1 amide bonds. The van der Waals surface area contributed by atoms with Crippen LogP contribution in [0.4, 0.5) is 4.79 Å². The van der Waals surface area contributed by atoms with Crippen LogP contribution in [-0.2, 0) is 11.3 Å². The lowest BCUT2D eigenvalue weighted by Gasteiger charge is -2.19. The lowest BCUT2D eigenvalue weighted by molar-refractivity contribution is 0.0518. The number of nitrogens with zero attached hydrogens (tertiary/aromatic N) is 1. The van der Waals surface area contributed by atoms with Crippen LogP contribution >= 0.6 is 0 Å². The van der Waals surface area contributed by atoms with Crippen LogP contribution in [0, 0.1) is 13.8 Å². The molecule has 0 aliphatic heterocycles. The Morgan fingerprint density at radius 3 is 2.50 bits per heavy atom. The van der Waals surface area contributed by atoms with Crippen LogP contribution in [0.1, 0.15) is 38.1 Å². The first-order valence-electron chi connectivity index (χ1n) is 5.17. The molecule has 0 bridgehead atoms. The highest BCUT2D eigenvalue weighted by Crippen LogP contribution is 2.09. The predicted molar refractivity (Wildman–Crippen MR) is 59.1 cm³/mol. The third kappa shape index (κ3) is 3.92. The van der Waals surface area contributed by atoms with E-state index in [0.29, 0.717) is 5.89 Å². The number of carbonyl (C=O) groups is 1. The molecule has 1 N–H and O–H groups in total. The first-order valence-corrected chi connectivity index (χ1v) is 5.17. The molecule has 0 aliphatic rings. The fraction of sp³-hybridized carbons (Fsp3) is 0.636. The Balaban J connectivity index is 2.43. The van der Waals surface area contributed by atoms with Crippen molar-refractivity contribution in [3.63, 3.8) is 0 Å². The molecule has 0 saturated heterocycles. The third-order valence-corrected chi connectivity index (χ3v) is 1.86. The van der Waals surface area contributed by atoms with Gasteiger partial charge in [0.2, 0.25) is 5.89 Å². The summed E-state index contributed by atoms with van der Waals surface area (Å²) in [5, 5.41) is 2.58.